The zero-order valence-electron chi connectivity index (χ0n) is 10.9. The molecule has 0 radical (unpaired) electrons. The molecule has 1 N–H and O–H groups in total. The normalized spacial score (nSPS) is 15.1. The topological polar surface area (TPSA) is 38.3 Å². The average molecular weight is 332 g/mol. The molecule has 0 bridgehead atoms. The van der Waals surface area contributed by atoms with Gasteiger partial charge in [-0.2, -0.15) is 0 Å². The Morgan fingerprint density at radius 1 is 1.33 bits per heavy atom. The molecule has 0 aliphatic heterocycles. The Bertz CT molecular complexity index is 462. The van der Waals surface area contributed by atoms with Crippen molar-refractivity contribution < 1.29 is 9.53 Å². The summed E-state index contributed by atoms with van der Waals surface area (Å²) in [5.41, 5.74) is 1.72. The number of carbonyl (C=O) groups excluding carboxylic acids is 1. The number of anilines is 1. The second-order valence-corrected chi connectivity index (χ2v) is 7.91. The monoisotopic (exact) mass is 331 g/mol. The van der Waals surface area contributed by atoms with E-state index in [1.165, 1.54) is 23.3 Å². The molecule has 1 aliphatic rings. The summed E-state index contributed by atoms with van der Waals surface area (Å²) < 4.78 is 6.29. The predicted molar refractivity (Wildman–Crippen MR) is 78.5 cm³/mol. The van der Waals surface area contributed by atoms with E-state index >= 15 is 0 Å². The van der Waals surface area contributed by atoms with E-state index in [4.69, 9.17) is 4.74 Å². The highest BCUT2D eigenvalue weighted by molar-refractivity contribution is 9.11. The lowest BCUT2D eigenvalue weighted by atomic mass is 9.98. The molecule has 0 spiro atoms. The molecule has 0 atom stereocenters. The van der Waals surface area contributed by atoms with Crippen molar-refractivity contribution in [2.75, 3.05) is 5.32 Å². The van der Waals surface area contributed by atoms with Gasteiger partial charge in [0.15, 0.2) is 0 Å². The van der Waals surface area contributed by atoms with Crippen molar-refractivity contribution in [3.63, 3.8) is 0 Å². The molecule has 5 heteroatoms. The highest BCUT2D eigenvalue weighted by Gasteiger charge is 2.23. The summed E-state index contributed by atoms with van der Waals surface area (Å²) in [5, 5.41) is 2.88. The largest absolute Gasteiger partial charge is 0.444 e. The van der Waals surface area contributed by atoms with Crippen LogP contribution in [0.5, 0.6) is 0 Å². The zero-order valence-corrected chi connectivity index (χ0v) is 13.3. The van der Waals surface area contributed by atoms with Gasteiger partial charge in [-0.1, -0.05) is 0 Å². The molecule has 100 valence electrons. The maximum atomic E-state index is 11.8. The van der Waals surface area contributed by atoms with Crippen LogP contribution in [-0.2, 0) is 17.6 Å². The molecule has 3 nitrogen and oxygen atoms in total. The number of carbonyl (C=O) groups is 1. The van der Waals surface area contributed by atoms with Crippen LogP contribution in [0.2, 0.25) is 0 Å². The van der Waals surface area contributed by atoms with Gasteiger partial charge in [0.2, 0.25) is 0 Å². The van der Waals surface area contributed by atoms with E-state index in [0.29, 0.717) is 0 Å². The highest BCUT2D eigenvalue weighted by Crippen LogP contribution is 2.41. The third-order valence-corrected chi connectivity index (χ3v) is 4.72. The summed E-state index contributed by atoms with van der Waals surface area (Å²) in [5.74, 6) is 0. The molecular formula is C13H18BrNO2S. The van der Waals surface area contributed by atoms with E-state index in [1.807, 2.05) is 20.8 Å². The fourth-order valence-electron chi connectivity index (χ4n) is 2.06. The Balaban J connectivity index is 2.14. The molecule has 0 fully saturated rings. The standard InChI is InChI=1S/C13H18BrNO2S/c1-13(2,3)17-12(16)15-10-8-6-4-5-7-9(8)18-11(10)14/h4-7H2,1-3H3,(H,15,16). The van der Waals surface area contributed by atoms with Crippen LogP contribution in [0.3, 0.4) is 0 Å². The lowest BCUT2D eigenvalue weighted by Gasteiger charge is -2.20. The van der Waals surface area contributed by atoms with Crippen LogP contribution < -0.4 is 5.32 Å². The summed E-state index contributed by atoms with van der Waals surface area (Å²) in [6.07, 6.45) is 4.22. The van der Waals surface area contributed by atoms with Gasteiger partial charge in [-0.25, -0.2) is 4.79 Å². The minimum absolute atomic E-state index is 0.380. The first-order chi connectivity index (χ1) is 8.37. The van der Waals surface area contributed by atoms with Crippen LogP contribution in [-0.4, -0.2) is 11.7 Å². The first-order valence-corrected chi connectivity index (χ1v) is 7.78. The maximum Gasteiger partial charge on any atom is 0.412 e. The molecule has 1 aliphatic carbocycles. The minimum atomic E-state index is -0.466. The molecule has 1 heterocycles. The number of fused-ring (bicyclic) bond motifs is 1. The lowest BCUT2D eigenvalue weighted by molar-refractivity contribution is 0.0636. The molecular weight excluding hydrogens is 314 g/mol. The molecule has 2 rings (SSSR count). The third-order valence-electron chi connectivity index (χ3n) is 2.75. The number of hydrogen-bond donors (Lipinski definition) is 1. The van der Waals surface area contributed by atoms with Gasteiger partial charge in [0, 0.05) is 4.88 Å². The number of aryl methyl sites for hydroxylation is 1. The molecule has 1 amide bonds. The van der Waals surface area contributed by atoms with Crippen LogP contribution in [0.4, 0.5) is 10.5 Å². The molecule has 0 saturated heterocycles. The van der Waals surface area contributed by atoms with Crippen molar-refractivity contribution in [3.8, 4) is 0 Å². The number of thiophene rings is 1. The second kappa shape index (κ2) is 5.21. The van der Waals surface area contributed by atoms with E-state index in [9.17, 15) is 4.79 Å². The van der Waals surface area contributed by atoms with Gasteiger partial charge in [-0.05, 0) is 67.9 Å². The van der Waals surface area contributed by atoms with Crippen molar-refractivity contribution in [3.05, 3.63) is 14.2 Å². The van der Waals surface area contributed by atoms with Gasteiger partial charge in [-0.15, -0.1) is 11.3 Å². The fourth-order valence-corrected chi connectivity index (χ4v) is 4.05. The van der Waals surface area contributed by atoms with Crippen LogP contribution in [0.25, 0.3) is 0 Å². The average Bonchev–Trinajstić information content (AvgIpc) is 2.53. The molecule has 1 aromatic heterocycles. The first kappa shape index (κ1) is 13.9. The van der Waals surface area contributed by atoms with Gasteiger partial charge in [0.05, 0.1) is 9.47 Å². The Labute approximate surface area is 120 Å². The highest BCUT2D eigenvalue weighted by atomic mass is 79.9. The Kier molecular flexibility index (Phi) is 4.02. The number of amides is 1. The fraction of sp³-hybridized carbons (Fsp3) is 0.615. The molecule has 1 aromatic rings. The van der Waals surface area contributed by atoms with Gasteiger partial charge in [0.1, 0.15) is 5.60 Å². The minimum Gasteiger partial charge on any atom is -0.444 e. The summed E-state index contributed by atoms with van der Waals surface area (Å²) in [6, 6.07) is 0. The number of halogens is 1. The van der Waals surface area contributed by atoms with Crippen molar-refractivity contribution in [1.29, 1.82) is 0 Å². The zero-order chi connectivity index (χ0) is 13.3. The van der Waals surface area contributed by atoms with Crippen LogP contribution in [0, 0.1) is 0 Å². The molecule has 18 heavy (non-hydrogen) atoms. The first-order valence-electron chi connectivity index (χ1n) is 6.17. The van der Waals surface area contributed by atoms with Gasteiger partial charge in [0.25, 0.3) is 0 Å². The quantitative estimate of drug-likeness (QED) is 0.807. The summed E-state index contributed by atoms with van der Waals surface area (Å²) in [7, 11) is 0. The lowest BCUT2D eigenvalue weighted by Crippen LogP contribution is -2.27. The number of ether oxygens (including phenoxy) is 1. The van der Waals surface area contributed by atoms with Crippen molar-refractivity contribution in [2.45, 2.75) is 52.1 Å². The SMILES string of the molecule is CC(C)(C)OC(=O)Nc1c(Br)sc2c1CCCC2. The van der Waals surface area contributed by atoms with Crippen LogP contribution in [0.1, 0.15) is 44.1 Å². The van der Waals surface area contributed by atoms with Crippen LogP contribution in [0.15, 0.2) is 3.79 Å². The van der Waals surface area contributed by atoms with Crippen LogP contribution >= 0.6 is 27.3 Å². The number of hydrogen-bond acceptors (Lipinski definition) is 3. The van der Waals surface area contributed by atoms with E-state index in [1.54, 1.807) is 11.3 Å². The number of nitrogens with one attached hydrogen (secondary N) is 1. The number of rotatable bonds is 1. The van der Waals surface area contributed by atoms with E-state index in [0.717, 1.165) is 22.3 Å². The molecule has 0 aromatic carbocycles. The van der Waals surface area contributed by atoms with Crippen molar-refractivity contribution in [1.82, 2.24) is 0 Å². The van der Waals surface area contributed by atoms with Gasteiger partial charge in [-0.3, -0.25) is 5.32 Å². The van der Waals surface area contributed by atoms with E-state index in [-0.39, 0.29) is 6.09 Å². The smallest absolute Gasteiger partial charge is 0.412 e. The summed E-state index contributed by atoms with van der Waals surface area (Å²) in [4.78, 5) is 13.2. The molecule has 0 unspecified atom stereocenters. The summed E-state index contributed by atoms with van der Waals surface area (Å²) in [6.45, 7) is 5.60. The third kappa shape index (κ3) is 3.26. The van der Waals surface area contributed by atoms with E-state index in [2.05, 4.69) is 21.2 Å². The Morgan fingerprint density at radius 2 is 2.00 bits per heavy atom. The Hall–Kier alpha value is -0.550. The Morgan fingerprint density at radius 3 is 2.67 bits per heavy atom. The van der Waals surface area contributed by atoms with Gasteiger partial charge < -0.3 is 4.74 Å². The predicted octanol–water partition coefficient (Wildman–Crippen LogP) is 4.74. The second-order valence-electron chi connectivity index (χ2n) is 5.49. The van der Waals surface area contributed by atoms with Crippen molar-refractivity contribution in [2.24, 2.45) is 0 Å². The van der Waals surface area contributed by atoms with E-state index < -0.39 is 5.60 Å². The molecule has 0 saturated carbocycles. The maximum absolute atomic E-state index is 11.8. The van der Waals surface area contributed by atoms with Crippen molar-refractivity contribution >= 4 is 39.0 Å². The summed E-state index contributed by atoms with van der Waals surface area (Å²) >= 11 is 5.26. The van der Waals surface area contributed by atoms with Gasteiger partial charge >= 0.3 is 6.09 Å².